The van der Waals surface area contributed by atoms with Gasteiger partial charge in [0.15, 0.2) is 5.82 Å². The molecule has 0 aliphatic carbocycles. The van der Waals surface area contributed by atoms with E-state index in [0.29, 0.717) is 16.8 Å². The van der Waals surface area contributed by atoms with Crippen LogP contribution in [0.1, 0.15) is 18.0 Å². The van der Waals surface area contributed by atoms with E-state index in [-0.39, 0.29) is 5.28 Å². The largest absolute Gasteiger partial charge is 0.355 e. The molecule has 1 unspecified atom stereocenters. The van der Waals surface area contributed by atoms with Gasteiger partial charge >= 0.3 is 0 Å². The maximum absolute atomic E-state index is 6.13. The number of hydrogen-bond donors (Lipinski definition) is 0. The average molecular weight is 295 g/mol. The molecule has 1 aliphatic heterocycles. The second kappa shape index (κ2) is 5.31. The van der Waals surface area contributed by atoms with Crippen LogP contribution in [0.2, 0.25) is 10.3 Å². The SMILES string of the molecule is Clc1ncc(Cl)c(N2CCC(c3ccccn3)C2)n1. The van der Waals surface area contributed by atoms with Gasteiger partial charge in [0.2, 0.25) is 5.28 Å². The Morgan fingerprint density at radius 1 is 1.21 bits per heavy atom. The zero-order valence-electron chi connectivity index (χ0n) is 10.1. The minimum Gasteiger partial charge on any atom is -0.355 e. The molecule has 3 heterocycles. The first-order valence-electron chi connectivity index (χ1n) is 6.08. The topological polar surface area (TPSA) is 41.9 Å². The maximum atomic E-state index is 6.13. The molecule has 0 radical (unpaired) electrons. The summed E-state index contributed by atoms with van der Waals surface area (Å²) in [6.45, 7) is 1.75. The molecule has 1 saturated heterocycles. The molecule has 0 amide bonds. The summed E-state index contributed by atoms with van der Waals surface area (Å²) in [5.41, 5.74) is 1.11. The third-order valence-electron chi connectivity index (χ3n) is 3.29. The molecule has 0 N–H and O–H groups in total. The zero-order chi connectivity index (χ0) is 13.2. The summed E-state index contributed by atoms with van der Waals surface area (Å²) in [5, 5.41) is 0.756. The molecule has 98 valence electrons. The summed E-state index contributed by atoms with van der Waals surface area (Å²) in [6.07, 6.45) is 4.40. The van der Waals surface area contributed by atoms with E-state index in [0.717, 1.165) is 25.2 Å². The fourth-order valence-corrected chi connectivity index (χ4v) is 2.71. The van der Waals surface area contributed by atoms with E-state index >= 15 is 0 Å². The van der Waals surface area contributed by atoms with Crippen molar-refractivity contribution in [3.63, 3.8) is 0 Å². The summed E-state index contributed by atoms with van der Waals surface area (Å²) in [7, 11) is 0. The first-order valence-corrected chi connectivity index (χ1v) is 6.83. The summed E-state index contributed by atoms with van der Waals surface area (Å²) in [5.74, 6) is 1.12. The standard InChI is InChI=1S/C13H12Cl2N4/c14-10-7-17-13(15)18-12(10)19-6-4-9(8-19)11-3-1-2-5-16-11/h1-3,5,7,9H,4,6,8H2. The summed E-state index contributed by atoms with van der Waals surface area (Å²) < 4.78 is 0. The zero-order valence-corrected chi connectivity index (χ0v) is 11.6. The summed E-state index contributed by atoms with van der Waals surface area (Å²) >= 11 is 12.0. The van der Waals surface area contributed by atoms with E-state index in [2.05, 4.69) is 25.9 Å². The van der Waals surface area contributed by atoms with E-state index in [1.54, 1.807) is 6.20 Å². The highest BCUT2D eigenvalue weighted by Crippen LogP contribution is 2.32. The van der Waals surface area contributed by atoms with Gasteiger partial charge < -0.3 is 4.90 Å². The van der Waals surface area contributed by atoms with Gasteiger partial charge in [0.25, 0.3) is 0 Å². The van der Waals surface area contributed by atoms with Gasteiger partial charge in [-0.3, -0.25) is 4.98 Å². The van der Waals surface area contributed by atoms with E-state index in [1.807, 2.05) is 18.3 Å². The Kier molecular flexibility index (Phi) is 3.53. The number of aromatic nitrogens is 3. The lowest BCUT2D eigenvalue weighted by Gasteiger charge is -2.18. The highest BCUT2D eigenvalue weighted by Gasteiger charge is 2.27. The fraction of sp³-hybridized carbons (Fsp3) is 0.308. The van der Waals surface area contributed by atoms with Crippen molar-refractivity contribution in [3.8, 4) is 0 Å². The lowest BCUT2D eigenvalue weighted by atomic mass is 10.0. The predicted molar refractivity (Wildman–Crippen MR) is 75.9 cm³/mol. The maximum Gasteiger partial charge on any atom is 0.224 e. The molecule has 1 fully saturated rings. The summed E-state index contributed by atoms with van der Waals surface area (Å²) in [6, 6.07) is 6.00. The van der Waals surface area contributed by atoms with Gasteiger partial charge in [-0.25, -0.2) is 4.98 Å². The van der Waals surface area contributed by atoms with Crippen LogP contribution in [0.3, 0.4) is 0 Å². The number of anilines is 1. The van der Waals surface area contributed by atoms with Crippen molar-refractivity contribution in [2.24, 2.45) is 0 Å². The van der Waals surface area contributed by atoms with E-state index < -0.39 is 0 Å². The normalized spacial score (nSPS) is 18.8. The van der Waals surface area contributed by atoms with E-state index in [9.17, 15) is 0 Å². The first-order chi connectivity index (χ1) is 9.24. The number of rotatable bonds is 2. The van der Waals surface area contributed by atoms with Crippen molar-refractivity contribution in [2.75, 3.05) is 18.0 Å². The van der Waals surface area contributed by atoms with Crippen LogP contribution in [-0.2, 0) is 0 Å². The Labute approximate surface area is 121 Å². The number of hydrogen-bond acceptors (Lipinski definition) is 4. The molecule has 0 aromatic carbocycles. The Morgan fingerprint density at radius 2 is 2.11 bits per heavy atom. The molecule has 4 nitrogen and oxygen atoms in total. The third kappa shape index (κ3) is 2.65. The fourth-order valence-electron chi connectivity index (χ4n) is 2.37. The molecular weight excluding hydrogens is 283 g/mol. The molecule has 2 aromatic rings. The molecular formula is C13H12Cl2N4. The van der Waals surface area contributed by atoms with Crippen molar-refractivity contribution >= 4 is 29.0 Å². The Balaban J connectivity index is 1.81. The van der Waals surface area contributed by atoms with Gasteiger partial charge in [-0.2, -0.15) is 4.98 Å². The Bertz CT molecular complexity index is 576. The van der Waals surface area contributed by atoms with Gasteiger partial charge in [-0.15, -0.1) is 0 Å². The molecule has 6 heteroatoms. The van der Waals surface area contributed by atoms with Crippen LogP contribution in [0.25, 0.3) is 0 Å². The number of halogens is 2. The second-order valence-corrected chi connectivity index (χ2v) is 5.24. The smallest absolute Gasteiger partial charge is 0.224 e. The molecule has 2 aromatic heterocycles. The van der Waals surface area contributed by atoms with Crippen LogP contribution in [0, 0.1) is 0 Å². The Morgan fingerprint density at radius 3 is 2.89 bits per heavy atom. The predicted octanol–water partition coefficient (Wildman–Crippen LogP) is 3.17. The lowest BCUT2D eigenvalue weighted by Crippen LogP contribution is -2.21. The highest BCUT2D eigenvalue weighted by molar-refractivity contribution is 6.33. The lowest BCUT2D eigenvalue weighted by molar-refractivity contribution is 0.744. The van der Waals surface area contributed by atoms with Crippen molar-refractivity contribution in [1.82, 2.24) is 15.0 Å². The van der Waals surface area contributed by atoms with Crippen LogP contribution < -0.4 is 4.90 Å². The minimum absolute atomic E-state index is 0.223. The van der Waals surface area contributed by atoms with Crippen molar-refractivity contribution < 1.29 is 0 Å². The monoisotopic (exact) mass is 294 g/mol. The minimum atomic E-state index is 0.223. The van der Waals surface area contributed by atoms with Gasteiger partial charge in [-0.1, -0.05) is 17.7 Å². The van der Waals surface area contributed by atoms with Crippen LogP contribution in [0.4, 0.5) is 5.82 Å². The molecule has 1 aliphatic rings. The Hall–Kier alpha value is -1.39. The van der Waals surface area contributed by atoms with E-state index in [4.69, 9.17) is 23.2 Å². The first kappa shape index (κ1) is 12.6. The molecule has 19 heavy (non-hydrogen) atoms. The van der Waals surface area contributed by atoms with Crippen molar-refractivity contribution in [2.45, 2.75) is 12.3 Å². The van der Waals surface area contributed by atoms with Crippen molar-refractivity contribution in [1.29, 1.82) is 0 Å². The van der Waals surface area contributed by atoms with Gasteiger partial charge in [0.1, 0.15) is 5.02 Å². The summed E-state index contributed by atoms with van der Waals surface area (Å²) in [4.78, 5) is 14.6. The van der Waals surface area contributed by atoms with Gasteiger partial charge in [0, 0.05) is 30.9 Å². The van der Waals surface area contributed by atoms with E-state index in [1.165, 1.54) is 0 Å². The molecule has 0 saturated carbocycles. The van der Waals surface area contributed by atoms with Crippen LogP contribution >= 0.6 is 23.2 Å². The second-order valence-electron chi connectivity index (χ2n) is 4.50. The molecule has 0 bridgehead atoms. The third-order valence-corrected chi connectivity index (χ3v) is 3.74. The quantitative estimate of drug-likeness (QED) is 0.798. The highest BCUT2D eigenvalue weighted by atomic mass is 35.5. The number of pyridine rings is 1. The van der Waals surface area contributed by atoms with Crippen LogP contribution in [0.5, 0.6) is 0 Å². The molecule has 1 atom stereocenters. The van der Waals surface area contributed by atoms with Crippen LogP contribution in [-0.4, -0.2) is 28.0 Å². The van der Waals surface area contributed by atoms with Crippen LogP contribution in [0.15, 0.2) is 30.6 Å². The molecule has 0 spiro atoms. The average Bonchev–Trinajstić information content (AvgIpc) is 2.92. The molecule has 3 rings (SSSR count). The number of nitrogens with zero attached hydrogens (tertiary/aromatic N) is 4. The van der Waals surface area contributed by atoms with Gasteiger partial charge in [-0.05, 0) is 30.2 Å². The van der Waals surface area contributed by atoms with Gasteiger partial charge in [0.05, 0.1) is 6.20 Å². The van der Waals surface area contributed by atoms with Crippen molar-refractivity contribution in [3.05, 3.63) is 46.6 Å².